The van der Waals surface area contributed by atoms with Crippen LogP contribution in [-0.4, -0.2) is 400 Å². The van der Waals surface area contributed by atoms with Crippen molar-refractivity contribution in [1.29, 1.82) is 0 Å². The van der Waals surface area contributed by atoms with Crippen LogP contribution in [-0.2, 0) is 166 Å². The monoisotopic (exact) mass is 1720 g/mol. The van der Waals surface area contributed by atoms with Gasteiger partial charge in [0.25, 0.3) is 0 Å². The summed E-state index contributed by atoms with van der Waals surface area (Å²) in [6, 6.07) is 0. The van der Waals surface area contributed by atoms with Crippen LogP contribution in [0.2, 0.25) is 0 Å². The molecule has 700 valence electrons. The standard InChI is InChI=1S/C84H154O35/c1-22-85-43-50-57-64(92-29-8)71(99-36-15)78(106-50)114-58-51(44-86-23-2)108-80(73(101-38-17)65(58)93-30-9)116-60-53(46-88-25-4)110-82(75(103-40-19)67(60)95-32-11)118-62-55(48-90-27-6)112-84(77(105-42-21)69(62)97-34-13)119-63-56(49-91-28-7)111-83(76(104-41-20)70(63)98-35-14)117-61-54(47-89-26-5)109-81(74(102-39-18)68(61)96-33-12)115-59-52(45-87-24-3)107-79(113-57)72(100-37-16)66(59)94-31-10/h50-84H,22-49H2,1-21H3/t50-,51-,52-,53-,54-,55-,56-,57-,58-,59-,60-,61-,62-,63-,64+,65+,66+,67+,68+,69+,70+,71-,72-,73-,74-,75-,76-,77-,78-,79-,80-,81-,82-,83-,84-/m1/s1. The van der Waals surface area contributed by atoms with Gasteiger partial charge in [-0.2, -0.15) is 0 Å². The minimum atomic E-state index is -1.22. The lowest BCUT2D eigenvalue weighted by Crippen LogP contribution is -2.70. The lowest BCUT2D eigenvalue weighted by atomic mass is 9.94. The summed E-state index contributed by atoms with van der Waals surface area (Å²) in [4.78, 5) is 0. The van der Waals surface area contributed by atoms with E-state index in [-0.39, 0.29) is 139 Å². The summed E-state index contributed by atoms with van der Waals surface area (Å²) >= 11 is 0. The molecule has 21 aliphatic rings. The Morgan fingerprint density at radius 3 is 0.319 bits per heavy atom. The Bertz CT molecular complexity index is 2120. The zero-order chi connectivity index (χ0) is 85.8. The van der Waals surface area contributed by atoms with Crippen molar-refractivity contribution in [2.45, 2.75) is 360 Å². The molecular weight excluding hydrogens is 1570 g/mol. The fraction of sp³-hybridized carbons (Fsp3) is 1.00. The number of ether oxygens (including phenoxy) is 35. The molecule has 21 aliphatic heterocycles. The van der Waals surface area contributed by atoms with Crippen LogP contribution < -0.4 is 0 Å². The second-order valence-electron chi connectivity index (χ2n) is 29.0. The van der Waals surface area contributed by atoms with Gasteiger partial charge in [0, 0.05) is 139 Å². The Morgan fingerprint density at radius 1 is 0.126 bits per heavy atom. The molecule has 0 aromatic rings. The highest BCUT2D eigenvalue weighted by Gasteiger charge is 2.63. The van der Waals surface area contributed by atoms with Crippen molar-refractivity contribution in [2.24, 2.45) is 0 Å². The zero-order valence-corrected chi connectivity index (χ0v) is 75.3. The van der Waals surface area contributed by atoms with Gasteiger partial charge in [-0.05, 0) is 145 Å². The van der Waals surface area contributed by atoms with Gasteiger partial charge < -0.3 is 166 Å². The van der Waals surface area contributed by atoms with Gasteiger partial charge in [-0.25, -0.2) is 0 Å². The Kier molecular flexibility index (Phi) is 48.6. The first kappa shape index (κ1) is 103. The lowest BCUT2D eigenvalue weighted by Gasteiger charge is -2.53. The SMILES string of the molecule is CCOC[C@H]1O[C@@H]2O[C@H]3[C@H](OCC)[C@@H](OCC)[C@@H](O[C@H]4[C@H](OCC)[C@@H](OCC)[C@@H](O[C@H]5[C@H](OCC)[C@@H](OCC)[C@@H](O[C@H]6[C@H](OCC)[C@@H](OCC)[C@@H](O[C@H]7[C@H](OCC)[C@@H](OCC)[C@@H](O[C@H]8[C@H](OCC)[C@@H](OCC)[C@@H](O[C@H]1[C@H](OCC)[C@H]2OCC)O[C@@H]8COCC)O[C@@H]7COCC)O[C@@H]6COCC)O[C@@H]5COCC)O[C@@H]4COCC)O[C@@H]3COCC. The maximum absolute atomic E-state index is 7.47. The van der Waals surface area contributed by atoms with Crippen LogP contribution in [0.1, 0.15) is 145 Å². The molecule has 0 aliphatic carbocycles. The summed E-state index contributed by atoms with van der Waals surface area (Å²) in [7, 11) is 0. The molecule has 14 bridgehead atoms. The third kappa shape index (κ3) is 27.4. The second-order valence-corrected chi connectivity index (χ2v) is 29.0. The fourth-order valence-corrected chi connectivity index (χ4v) is 17.0. The molecule has 35 heteroatoms. The van der Waals surface area contributed by atoms with Crippen molar-refractivity contribution >= 4 is 0 Å². The highest BCUT2D eigenvalue weighted by Crippen LogP contribution is 2.44. The van der Waals surface area contributed by atoms with Crippen molar-refractivity contribution in [2.75, 3.05) is 185 Å². The van der Waals surface area contributed by atoms with E-state index in [0.717, 1.165) is 0 Å². The first-order valence-corrected chi connectivity index (χ1v) is 45.0. The van der Waals surface area contributed by atoms with Crippen molar-refractivity contribution in [3.8, 4) is 0 Å². The first-order chi connectivity index (χ1) is 58.2. The largest absolute Gasteiger partial charge is 0.379 e. The highest BCUT2D eigenvalue weighted by atomic mass is 16.8. The van der Waals surface area contributed by atoms with Crippen LogP contribution in [0.25, 0.3) is 0 Å². The van der Waals surface area contributed by atoms with Crippen LogP contribution in [0.5, 0.6) is 0 Å². The summed E-state index contributed by atoms with van der Waals surface area (Å²) in [5.41, 5.74) is 0. The van der Waals surface area contributed by atoms with Gasteiger partial charge in [0.1, 0.15) is 171 Å². The molecular formula is C84H154O35. The van der Waals surface area contributed by atoms with Gasteiger partial charge in [-0.3, -0.25) is 0 Å². The molecule has 0 unspecified atom stereocenters. The van der Waals surface area contributed by atoms with Crippen molar-refractivity contribution in [1.82, 2.24) is 0 Å². The average molecular weight is 1720 g/mol. The topological polar surface area (TPSA) is 323 Å². The van der Waals surface area contributed by atoms with Crippen LogP contribution >= 0.6 is 0 Å². The molecule has 0 spiro atoms. The van der Waals surface area contributed by atoms with Crippen LogP contribution in [0.3, 0.4) is 0 Å². The van der Waals surface area contributed by atoms with E-state index in [4.69, 9.17) is 166 Å². The summed E-state index contributed by atoms with van der Waals surface area (Å²) in [6.07, 6.45) is -35.7. The Morgan fingerprint density at radius 2 is 0.227 bits per heavy atom. The average Bonchev–Trinajstić information content (AvgIpc) is 0.793. The third-order valence-electron chi connectivity index (χ3n) is 21.6. The molecule has 0 amide bonds. The maximum Gasteiger partial charge on any atom is 0.187 e. The number of rotatable bonds is 49. The van der Waals surface area contributed by atoms with Crippen molar-refractivity contribution in [3.05, 3.63) is 0 Å². The van der Waals surface area contributed by atoms with E-state index < -0.39 is 215 Å². The fourth-order valence-electron chi connectivity index (χ4n) is 17.0. The lowest BCUT2D eigenvalue weighted by molar-refractivity contribution is -0.407. The molecule has 0 radical (unpaired) electrons. The predicted octanol–water partition coefficient (Wildman–Crippen LogP) is 6.70. The molecule has 119 heavy (non-hydrogen) atoms. The van der Waals surface area contributed by atoms with Gasteiger partial charge in [0.15, 0.2) is 44.0 Å². The molecule has 0 N–H and O–H groups in total. The molecule has 35 nitrogen and oxygen atoms in total. The number of hydrogen-bond donors (Lipinski definition) is 0. The minimum Gasteiger partial charge on any atom is -0.379 e. The van der Waals surface area contributed by atoms with E-state index in [1.807, 2.05) is 145 Å². The molecule has 21 heterocycles. The van der Waals surface area contributed by atoms with Crippen molar-refractivity contribution < 1.29 is 166 Å². The summed E-state index contributed by atoms with van der Waals surface area (Å²) in [5, 5.41) is 0. The molecule has 21 rings (SSSR count). The van der Waals surface area contributed by atoms with Gasteiger partial charge in [0.05, 0.1) is 46.2 Å². The van der Waals surface area contributed by atoms with Crippen LogP contribution in [0.4, 0.5) is 0 Å². The smallest absolute Gasteiger partial charge is 0.187 e. The van der Waals surface area contributed by atoms with E-state index >= 15 is 0 Å². The van der Waals surface area contributed by atoms with Gasteiger partial charge in [-0.1, -0.05) is 0 Å². The van der Waals surface area contributed by atoms with E-state index in [0.29, 0.717) is 46.2 Å². The third-order valence-corrected chi connectivity index (χ3v) is 21.6. The molecule has 21 fully saturated rings. The van der Waals surface area contributed by atoms with Gasteiger partial charge in [0.2, 0.25) is 0 Å². The van der Waals surface area contributed by atoms with E-state index in [2.05, 4.69) is 0 Å². The van der Waals surface area contributed by atoms with Crippen LogP contribution in [0.15, 0.2) is 0 Å². The Hall–Kier alpha value is -1.40. The second kappa shape index (κ2) is 56.1. The van der Waals surface area contributed by atoms with E-state index in [9.17, 15) is 0 Å². The Balaban J connectivity index is 1.36. The van der Waals surface area contributed by atoms with E-state index in [1.54, 1.807) is 0 Å². The molecule has 21 saturated heterocycles. The van der Waals surface area contributed by atoms with Crippen LogP contribution in [0, 0.1) is 0 Å². The highest BCUT2D eigenvalue weighted by molar-refractivity contribution is 5.05. The van der Waals surface area contributed by atoms with Gasteiger partial charge >= 0.3 is 0 Å². The molecule has 0 saturated carbocycles. The summed E-state index contributed by atoms with van der Waals surface area (Å²) in [5.74, 6) is 0. The maximum atomic E-state index is 7.47. The number of hydrogen-bond acceptors (Lipinski definition) is 35. The molecule has 35 atom stereocenters. The molecule has 0 aromatic carbocycles. The zero-order valence-electron chi connectivity index (χ0n) is 75.3. The predicted molar refractivity (Wildman–Crippen MR) is 426 cm³/mol. The summed E-state index contributed by atoms with van der Waals surface area (Å²) in [6.45, 7) is 44.9. The minimum absolute atomic E-state index is 0.00152. The first-order valence-electron chi connectivity index (χ1n) is 45.0. The summed E-state index contributed by atoms with van der Waals surface area (Å²) < 4.78 is 244. The van der Waals surface area contributed by atoms with Gasteiger partial charge in [-0.15, -0.1) is 0 Å². The molecule has 0 aromatic heterocycles. The normalized spacial score (nSPS) is 40.1. The van der Waals surface area contributed by atoms with Crippen molar-refractivity contribution in [3.63, 3.8) is 0 Å². The quantitative estimate of drug-likeness (QED) is 0.0611. The van der Waals surface area contributed by atoms with E-state index in [1.165, 1.54) is 0 Å². The Labute approximate surface area is 708 Å².